The number of piperidine rings is 1. The Morgan fingerprint density at radius 3 is 2.47 bits per heavy atom. The van der Waals surface area contributed by atoms with Gasteiger partial charge in [-0.25, -0.2) is 0 Å². The van der Waals surface area contributed by atoms with Gasteiger partial charge in [0.25, 0.3) is 0 Å². The monoisotopic (exact) mass is 210 g/mol. The summed E-state index contributed by atoms with van der Waals surface area (Å²) in [6.07, 6.45) is 4.25. The average Bonchev–Trinajstić information content (AvgIpc) is 2.71. The number of rotatable bonds is 3. The van der Waals surface area contributed by atoms with Crippen LogP contribution in [0.2, 0.25) is 0 Å². The molecule has 0 aromatic carbocycles. The molecule has 0 aromatic heterocycles. The number of hydrogen-bond donors (Lipinski definition) is 1. The predicted molar refractivity (Wildman–Crippen MR) is 65.0 cm³/mol. The van der Waals surface area contributed by atoms with Crippen LogP contribution in [0.25, 0.3) is 0 Å². The van der Waals surface area contributed by atoms with E-state index in [9.17, 15) is 0 Å². The maximum absolute atomic E-state index is 3.46. The van der Waals surface area contributed by atoms with Gasteiger partial charge in [-0.3, -0.25) is 0 Å². The van der Waals surface area contributed by atoms with E-state index in [1.165, 1.54) is 52.0 Å². The molecule has 1 N–H and O–H groups in total. The molecule has 2 heterocycles. The number of nitrogens with zero attached hydrogens (tertiary/aromatic N) is 1. The summed E-state index contributed by atoms with van der Waals surface area (Å²) < 4.78 is 0. The minimum atomic E-state index is 0.889. The van der Waals surface area contributed by atoms with E-state index < -0.39 is 0 Å². The van der Waals surface area contributed by atoms with Crippen LogP contribution < -0.4 is 5.32 Å². The fraction of sp³-hybridized carbons (Fsp3) is 1.00. The minimum absolute atomic E-state index is 0.889. The van der Waals surface area contributed by atoms with E-state index in [2.05, 4.69) is 24.1 Å². The molecule has 88 valence electrons. The van der Waals surface area contributed by atoms with Crippen LogP contribution in [0.15, 0.2) is 0 Å². The Bertz CT molecular complexity index is 177. The van der Waals surface area contributed by atoms with E-state index in [4.69, 9.17) is 0 Å². The predicted octanol–water partition coefficient (Wildman–Crippen LogP) is 1.96. The molecule has 0 aromatic rings. The minimum Gasteiger partial charge on any atom is -0.316 e. The van der Waals surface area contributed by atoms with Crippen LogP contribution in [0.1, 0.15) is 33.1 Å². The zero-order chi connectivity index (χ0) is 10.7. The fourth-order valence-corrected chi connectivity index (χ4v) is 3.04. The lowest BCUT2D eigenvalue weighted by Crippen LogP contribution is -2.38. The van der Waals surface area contributed by atoms with Crippen molar-refractivity contribution in [2.24, 2.45) is 17.8 Å². The lowest BCUT2D eigenvalue weighted by Gasteiger charge is -2.35. The second kappa shape index (κ2) is 5.31. The zero-order valence-corrected chi connectivity index (χ0v) is 10.3. The van der Waals surface area contributed by atoms with E-state index in [0.717, 1.165) is 17.8 Å². The number of hydrogen-bond acceptors (Lipinski definition) is 2. The molecule has 0 aliphatic carbocycles. The van der Waals surface area contributed by atoms with Crippen molar-refractivity contribution < 1.29 is 0 Å². The quantitative estimate of drug-likeness (QED) is 0.766. The first-order chi connectivity index (χ1) is 7.25. The molecule has 2 saturated heterocycles. The van der Waals surface area contributed by atoms with Crippen LogP contribution in [-0.2, 0) is 0 Å². The number of likely N-dealkylation sites (tertiary alicyclic amines) is 1. The molecule has 0 spiro atoms. The fourth-order valence-electron chi connectivity index (χ4n) is 3.04. The van der Waals surface area contributed by atoms with Crippen molar-refractivity contribution >= 4 is 0 Å². The third-order valence-electron chi connectivity index (χ3n) is 4.25. The largest absolute Gasteiger partial charge is 0.316 e. The van der Waals surface area contributed by atoms with Crippen molar-refractivity contribution in [2.75, 3.05) is 32.7 Å². The van der Waals surface area contributed by atoms with Gasteiger partial charge in [-0.2, -0.15) is 0 Å². The maximum atomic E-state index is 3.46. The maximum Gasteiger partial charge on any atom is 0.00223 e. The summed E-state index contributed by atoms with van der Waals surface area (Å²) in [6.45, 7) is 11.3. The summed E-state index contributed by atoms with van der Waals surface area (Å²) in [4.78, 5) is 2.69. The molecule has 0 bridgehead atoms. The highest BCUT2D eigenvalue weighted by atomic mass is 15.1. The molecular weight excluding hydrogens is 184 g/mol. The highest BCUT2D eigenvalue weighted by molar-refractivity contribution is 4.79. The van der Waals surface area contributed by atoms with Crippen LogP contribution in [-0.4, -0.2) is 37.6 Å². The molecule has 2 nitrogen and oxygen atoms in total. The molecular formula is C13H26N2. The van der Waals surface area contributed by atoms with Gasteiger partial charge in [0.2, 0.25) is 0 Å². The smallest absolute Gasteiger partial charge is 0.00223 e. The van der Waals surface area contributed by atoms with Gasteiger partial charge in [0.05, 0.1) is 0 Å². The molecule has 15 heavy (non-hydrogen) atoms. The van der Waals surface area contributed by atoms with Gasteiger partial charge in [-0.1, -0.05) is 13.8 Å². The van der Waals surface area contributed by atoms with E-state index in [1.54, 1.807) is 0 Å². The molecule has 2 fully saturated rings. The Morgan fingerprint density at radius 1 is 1.20 bits per heavy atom. The summed E-state index contributed by atoms with van der Waals surface area (Å²) >= 11 is 0. The second-order valence-electron chi connectivity index (χ2n) is 5.74. The van der Waals surface area contributed by atoms with E-state index in [0.29, 0.717) is 0 Å². The van der Waals surface area contributed by atoms with E-state index in [-0.39, 0.29) is 0 Å². The summed E-state index contributed by atoms with van der Waals surface area (Å²) in [5.41, 5.74) is 0. The van der Waals surface area contributed by atoms with E-state index >= 15 is 0 Å². The highest BCUT2D eigenvalue weighted by Gasteiger charge is 2.24. The Balaban J connectivity index is 1.68. The van der Waals surface area contributed by atoms with Gasteiger partial charge in [0, 0.05) is 6.54 Å². The summed E-state index contributed by atoms with van der Waals surface area (Å²) in [7, 11) is 0. The Labute approximate surface area is 94.4 Å². The molecule has 0 unspecified atom stereocenters. The lowest BCUT2D eigenvalue weighted by atomic mass is 9.86. The van der Waals surface area contributed by atoms with Crippen molar-refractivity contribution in [1.82, 2.24) is 10.2 Å². The Morgan fingerprint density at radius 2 is 1.93 bits per heavy atom. The van der Waals surface area contributed by atoms with Gasteiger partial charge in [0.15, 0.2) is 0 Å². The van der Waals surface area contributed by atoms with Crippen LogP contribution in [0.4, 0.5) is 0 Å². The van der Waals surface area contributed by atoms with Gasteiger partial charge in [-0.15, -0.1) is 0 Å². The van der Waals surface area contributed by atoms with Gasteiger partial charge < -0.3 is 10.2 Å². The SMILES string of the molecule is CC(C)C1CCN(C[C@H]2CCNC2)CC1. The van der Waals surface area contributed by atoms with Crippen LogP contribution in [0, 0.1) is 17.8 Å². The Hall–Kier alpha value is -0.0800. The third-order valence-corrected chi connectivity index (χ3v) is 4.25. The third kappa shape index (κ3) is 3.18. The van der Waals surface area contributed by atoms with Crippen LogP contribution in [0.5, 0.6) is 0 Å². The van der Waals surface area contributed by atoms with Gasteiger partial charge in [0.1, 0.15) is 0 Å². The normalized spacial score (nSPS) is 30.2. The molecule has 2 aliphatic rings. The molecule has 0 radical (unpaired) electrons. The van der Waals surface area contributed by atoms with Crippen molar-refractivity contribution in [3.8, 4) is 0 Å². The first-order valence-corrected chi connectivity index (χ1v) is 6.69. The Kier molecular flexibility index (Phi) is 4.04. The van der Waals surface area contributed by atoms with Gasteiger partial charge in [-0.05, 0) is 63.2 Å². The first-order valence-electron chi connectivity index (χ1n) is 6.69. The van der Waals surface area contributed by atoms with Gasteiger partial charge >= 0.3 is 0 Å². The lowest BCUT2D eigenvalue weighted by molar-refractivity contribution is 0.142. The van der Waals surface area contributed by atoms with Crippen LogP contribution in [0.3, 0.4) is 0 Å². The van der Waals surface area contributed by atoms with Crippen molar-refractivity contribution in [3.63, 3.8) is 0 Å². The summed E-state index contributed by atoms with van der Waals surface area (Å²) in [5, 5.41) is 3.46. The molecule has 0 saturated carbocycles. The van der Waals surface area contributed by atoms with Crippen molar-refractivity contribution in [3.05, 3.63) is 0 Å². The summed E-state index contributed by atoms with van der Waals surface area (Å²) in [5.74, 6) is 2.81. The zero-order valence-electron chi connectivity index (χ0n) is 10.3. The van der Waals surface area contributed by atoms with E-state index in [1.807, 2.05) is 0 Å². The molecule has 2 rings (SSSR count). The highest BCUT2D eigenvalue weighted by Crippen LogP contribution is 2.25. The molecule has 2 heteroatoms. The van der Waals surface area contributed by atoms with Crippen molar-refractivity contribution in [1.29, 1.82) is 0 Å². The van der Waals surface area contributed by atoms with Crippen molar-refractivity contribution in [2.45, 2.75) is 33.1 Å². The standard InChI is InChI=1S/C13H26N2/c1-11(2)13-4-7-15(8-5-13)10-12-3-6-14-9-12/h11-14H,3-10H2,1-2H3/t12-/m0/s1. The molecule has 2 aliphatic heterocycles. The molecule has 1 atom stereocenters. The second-order valence-corrected chi connectivity index (χ2v) is 5.74. The topological polar surface area (TPSA) is 15.3 Å². The van der Waals surface area contributed by atoms with Crippen LogP contribution >= 0.6 is 0 Å². The first kappa shape index (κ1) is 11.4. The average molecular weight is 210 g/mol. The summed E-state index contributed by atoms with van der Waals surface area (Å²) in [6, 6.07) is 0. The molecule has 0 amide bonds. The number of nitrogens with one attached hydrogen (secondary N) is 1.